The van der Waals surface area contributed by atoms with Crippen molar-refractivity contribution in [1.82, 2.24) is 10.1 Å². The lowest BCUT2D eigenvalue weighted by atomic mass is 10.1. The van der Waals surface area contributed by atoms with Gasteiger partial charge in [-0.05, 0) is 0 Å². The van der Waals surface area contributed by atoms with Gasteiger partial charge in [0.15, 0.2) is 11.6 Å². The van der Waals surface area contributed by atoms with Crippen LogP contribution in [-0.2, 0) is 6.42 Å². The van der Waals surface area contributed by atoms with E-state index in [1.165, 1.54) is 17.7 Å². The van der Waals surface area contributed by atoms with Crippen molar-refractivity contribution in [3.8, 4) is 6.07 Å². The van der Waals surface area contributed by atoms with Crippen LogP contribution in [0.15, 0.2) is 10.9 Å². The fourth-order valence-electron chi connectivity index (χ4n) is 1.72. The Hall–Kier alpha value is -2.40. The van der Waals surface area contributed by atoms with Gasteiger partial charge in [0.25, 0.3) is 0 Å². The maximum Gasteiger partial charge on any atom is 0.213 e. The first-order valence-corrected chi connectivity index (χ1v) is 7.22. The number of nitrogens with zero attached hydrogens (tertiary/aromatic N) is 3. The van der Waals surface area contributed by atoms with Crippen LogP contribution in [0.5, 0.6) is 0 Å². The monoisotopic (exact) mass is 305 g/mol. The number of rotatable bonds is 6. The predicted molar refractivity (Wildman–Crippen MR) is 79.1 cm³/mol. The summed E-state index contributed by atoms with van der Waals surface area (Å²) in [5, 5.41) is 16.6. The molecule has 2 aromatic rings. The molecule has 0 aliphatic carbocycles. The van der Waals surface area contributed by atoms with E-state index in [-0.39, 0.29) is 17.4 Å². The van der Waals surface area contributed by atoms with Crippen molar-refractivity contribution in [3.63, 3.8) is 0 Å². The van der Waals surface area contributed by atoms with Gasteiger partial charge in [0.2, 0.25) is 6.39 Å². The number of carbonyl (C=O) groups is 1. The Morgan fingerprint density at radius 3 is 2.95 bits per heavy atom. The van der Waals surface area contributed by atoms with Gasteiger partial charge in [0, 0.05) is 18.9 Å². The highest BCUT2D eigenvalue weighted by Gasteiger charge is 2.22. The molecule has 0 radical (unpaired) electrons. The molecule has 21 heavy (non-hydrogen) atoms. The fraction of sp³-hybridized carbons (Fsp3) is 0.385. The van der Waals surface area contributed by atoms with Crippen molar-refractivity contribution >= 4 is 27.8 Å². The van der Waals surface area contributed by atoms with Gasteiger partial charge < -0.3 is 15.6 Å². The van der Waals surface area contributed by atoms with E-state index < -0.39 is 0 Å². The second-order valence-electron chi connectivity index (χ2n) is 4.70. The minimum Gasteiger partial charge on any atom is -0.396 e. The van der Waals surface area contributed by atoms with E-state index in [0.717, 1.165) is 0 Å². The van der Waals surface area contributed by atoms with Gasteiger partial charge in [-0.2, -0.15) is 10.2 Å². The number of nitrogens with one attached hydrogen (secondary N) is 1. The summed E-state index contributed by atoms with van der Waals surface area (Å²) in [6.07, 6.45) is 1.81. The number of ketones is 1. The van der Waals surface area contributed by atoms with Gasteiger partial charge in [-0.25, -0.2) is 0 Å². The van der Waals surface area contributed by atoms with E-state index in [2.05, 4.69) is 20.0 Å². The second-order valence-corrected chi connectivity index (χ2v) is 5.72. The lowest BCUT2D eigenvalue weighted by Crippen LogP contribution is -2.07. The number of anilines is 2. The topological polar surface area (TPSA) is 118 Å². The molecular formula is C13H15N5O2S. The summed E-state index contributed by atoms with van der Waals surface area (Å²) in [6.45, 7) is 4.12. The summed E-state index contributed by atoms with van der Waals surface area (Å²) in [4.78, 5) is 16.4. The Balaban J connectivity index is 2.14. The zero-order valence-corrected chi connectivity index (χ0v) is 12.5. The molecule has 0 fully saturated rings. The molecule has 8 heteroatoms. The van der Waals surface area contributed by atoms with E-state index >= 15 is 0 Å². The third kappa shape index (κ3) is 3.20. The molecule has 0 aromatic carbocycles. The molecular weight excluding hydrogens is 290 g/mol. The molecule has 0 aliphatic rings. The molecule has 0 atom stereocenters. The van der Waals surface area contributed by atoms with E-state index in [4.69, 9.17) is 5.73 Å². The van der Waals surface area contributed by atoms with Crippen LogP contribution in [0.1, 0.15) is 34.9 Å². The van der Waals surface area contributed by atoms with Crippen LogP contribution in [0.4, 0.5) is 10.7 Å². The summed E-state index contributed by atoms with van der Waals surface area (Å²) < 4.78 is 4.64. The highest BCUT2D eigenvalue weighted by atomic mass is 32.1. The average molecular weight is 305 g/mol. The fourth-order valence-corrected chi connectivity index (χ4v) is 2.90. The number of nitriles is 1. The van der Waals surface area contributed by atoms with Gasteiger partial charge in [-0.3, -0.25) is 4.79 Å². The number of aromatic nitrogens is 2. The van der Waals surface area contributed by atoms with Gasteiger partial charge in [0.1, 0.15) is 16.6 Å². The Morgan fingerprint density at radius 2 is 2.38 bits per heavy atom. The van der Waals surface area contributed by atoms with Crippen molar-refractivity contribution in [3.05, 3.63) is 22.7 Å². The maximum absolute atomic E-state index is 12.1. The molecule has 110 valence electrons. The van der Waals surface area contributed by atoms with E-state index in [9.17, 15) is 10.1 Å². The van der Waals surface area contributed by atoms with Crippen molar-refractivity contribution in [2.45, 2.75) is 20.3 Å². The molecule has 0 spiro atoms. The highest BCUT2D eigenvalue weighted by Crippen LogP contribution is 2.36. The minimum absolute atomic E-state index is 0.0554. The number of hydrogen-bond donors (Lipinski definition) is 2. The van der Waals surface area contributed by atoms with Gasteiger partial charge >= 0.3 is 0 Å². The Morgan fingerprint density at radius 1 is 1.62 bits per heavy atom. The van der Waals surface area contributed by atoms with Crippen LogP contribution in [0.25, 0.3) is 0 Å². The van der Waals surface area contributed by atoms with E-state index in [0.29, 0.717) is 34.2 Å². The van der Waals surface area contributed by atoms with E-state index in [1.807, 2.05) is 6.07 Å². The van der Waals surface area contributed by atoms with Crippen LogP contribution < -0.4 is 11.1 Å². The number of Topliss-reactive ketones (excluding diaryl/α,β-unsaturated/α-hetero) is 1. The van der Waals surface area contributed by atoms with Crippen LogP contribution in [0, 0.1) is 17.2 Å². The molecule has 0 saturated heterocycles. The first-order valence-electron chi connectivity index (χ1n) is 6.40. The second kappa shape index (κ2) is 6.37. The van der Waals surface area contributed by atoms with Crippen LogP contribution in [0.3, 0.4) is 0 Å². The molecule has 2 heterocycles. The largest absolute Gasteiger partial charge is 0.396 e. The first kappa shape index (κ1) is 15.0. The molecule has 2 rings (SSSR count). The number of nitrogens with two attached hydrogens (primary N) is 1. The summed E-state index contributed by atoms with van der Waals surface area (Å²) in [6, 6.07) is 2.04. The van der Waals surface area contributed by atoms with Crippen molar-refractivity contribution < 1.29 is 9.32 Å². The summed E-state index contributed by atoms with van der Waals surface area (Å²) in [7, 11) is 0. The van der Waals surface area contributed by atoms with Crippen molar-refractivity contribution in [2.75, 3.05) is 17.6 Å². The summed E-state index contributed by atoms with van der Waals surface area (Å²) >= 11 is 1.21. The first-order chi connectivity index (χ1) is 10.0. The summed E-state index contributed by atoms with van der Waals surface area (Å²) in [5.74, 6) is 0.355. The van der Waals surface area contributed by atoms with Gasteiger partial charge in [0.05, 0.1) is 10.6 Å². The zero-order valence-electron chi connectivity index (χ0n) is 11.7. The normalized spacial score (nSPS) is 10.6. The quantitative estimate of drug-likeness (QED) is 0.784. The number of hydrogen-bond acceptors (Lipinski definition) is 8. The third-order valence-corrected chi connectivity index (χ3v) is 4.02. The lowest BCUT2D eigenvalue weighted by Gasteiger charge is -2.01. The van der Waals surface area contributed by atoms with Gasteiger partial charge in [-0.1, -0.05) is 19.0 Å². The predicted octanol–water partition coefficient (Wildman–Crippen LogP) is 2.08. The zero-order chi connectivity index (χ0) is 15.4. The van der Waals surface area contributed by atoms with Gasteiger partial charge in [-0.15, -0.1) is 11.3 Å². The number of nitrogen functional groups attached to an aromatic ring is 1. The number of thiophene rings is 1. The maximum atomic E-state index is 12.1. The SMILES string of the molecule is CC(C)C(=O)c1sc(NCCc2ncon2)c(C#N)c1N. The molecule has 3 N–H and O–H groups in total. The number of carbonyl (C=O) groups excluding carboxylic acids is 1. The van der Waals surface area contributed by atoms with Crippen LogP contribution in [-0.4, -0.2) is 22.5 Å². The molecule has 0 saturated carbocycles. The minimum atomic E-state index is -0.162. The Kier molecular flexibility index (Phi) is 4.55. The molecule has 7 nitrogen and oxygen atoms in total. The van der Waals surface area contributed by atoms with Crippen molar-refractivity contribution in [1.29, 1.82) is 5.26 Å². The molecule has 0 amide bonds. The summed E-state index contributed by atoms with van der Waals surface area (Å²) in [5.41, 5.74) is 6.48. The Bertz CT molecular complexity index is 670. The highest BCUT2D eigenvalue weighted by molar-refractivity contribution is 7.19. The molecule has 0 bridgehead atoms. The molecule has 0 aliphatic heterocycles. The standard InChI is InChI=1S/C13H15N5O2S/c1-7(2)11(19)12-10(15)8(5-14)13(21-12)16-4-3-9-17-6-20-18-9/h6-7,16H,3-4,15H2,1-2H3. The average Bonchev–Trinajstić information content (AvgIpc) is 3.06. The van der Waals surface area contributed by atoms with Crippen molar-refractivity contribution in [2.24, 2.45) is 5.92 Å². The lowest BCUT2D eigenvalue weighted by molar-refractivity contribution is 0.0944. The smallest absolute Gasteiger partial charge is 0.213 e. The molecule has 2 aromatic heterocycles. The van der Waals surface area contributed by atoms with E-state index in [1.54, 1.807) is 13.8 Å². The van der Waals surface area contributed by atoms with Crippen LogP contribution >= 0.6 is 11.3 Å². The van der Waals surface area contributed by atoms with Crippen LogP contribution in [0.2, 0.25) is 0 Å². The third-order valence-electron chi connectivity index (χ3n) is 2.85. The Labute approximate surface area is 125 Å². The molecule has 0 unspecified atom stereocenters.